The predicted octanol–water partition coefficient (Wildman–Crippen LogP) is 6.93. The number of nitrogens with zero attached hydrogens (tertiary/aromatic N) is 2. The molecule has 3 N–H and O–H groups in total. The van der Waals surface area contributed by atoms with Gasteiger partial charge in [-0.3, -0.25) is 9.76 Å². The molecular weight excluding hydrogens is 458 g/mol. The number of hydrogen-bond donors (Lipinski definition) is 2. The number of benzene rings is 1. The van der Waals surface area contributed by atoms with Crippen LogP contribution in [-0.2, 0) is 0 Å². The molecule has 0 amide bonds. The number of anilines is 1. The standard InChI is InChI=1S/C20H28FN4OP.C8H16/c1-5-15(11-21)24-25(27)16-7-9-19(23-12-16)14(3)20(22)18-10-17(26-4)8-6-13(18)2;1-3-7(2)8-5-4-6-8/h6-10,12,15,24H,5,11,22,27H2,1-4H3;7-8H,3-6H2,1-2H3/b20-14-;. The van der Waals surface area contributed by atoms with Gasteiger partial charge in [-0.25, -0.2) is 9.82 Å². The molecule has 0 aliphatic heterocycles. The molecule has 1 aromatic carbocycles. The molecule has 3 rings (SSSR count). The third-order valence-electron chi connectivity index (χ3n) is 7.15. The smallest absolute Gasteiger partial charge is 0.119 e. The van der Waals surface area contributed by atoms with Gasteiger partial charge in [0, 0.05) is 11.3 Å². The second-order valence-electron chi connectivity index (χ2n) is 9.46. The average Bonchev–Trinajstić information content (AvgIpc) is 2.85. The molecule has 35 heavy (non-hydrogen) atoms. The zero-order valence-corrected chi connectivity index (χ0v) is 23.4. The van der Waals surface area contributed by atoms with Crippen LogP contribution in [0.1, 0.15) is 76.6 Å². The maximum absolute atomic E-state index is 12.9. The molecule has 5 nitrogen and oxygen atoms in total. The molecule has 1 heterocycles. The fourth-order valence-electron chi connectivity index (χ4n) is 3.96. The minimum Gasteiger partial charge on any atom is -0.497 e. The molecule has 194 valence electrons. The summed E-state index contributed by atoms with van der Waals surface area (Å²) in [5, 5.41) is 0. The van der Waals surface area contributed by atoms with E-state index in [4.69, 9.17) is 10.5 Å². The van der Waals surface area contributed by atoms with Gasteiger partial charge in [0.25, 0.3) is 0 Å². The third kappa shape index (κ3) is 8.18. The highest BCUT2D eigenvalue weighted by Gasteiger charge is 2.21. The summed E-state index contributed by atoms with van der Waals surface area (Å²) in [6.45, 7) is 10.1. The van der Waals surface area contributed by atoms with Crippen LogP contribution in [0.5, 0.6) is 5.75 Å². The Bertz CT molecular complexity index is 940. The van der Waals surface area contributed by atoms with E-state index in [1.165, 1.54) is 25.7 Å². The Morgan fingerprint density at radius 2 is 1.97 bits per heavy atom. The van der Waals surface area contributed by atoms with Crippen LogP contribution in [0.25, 0.3) is 11.3 Å². The molecule has 0 radical (unpaired) electrons. The molecule has 1 saturated carbocycles. The van der Waals surface area contributed by atoms with E-state index in [1.54, 1.807) is 18.1 Å². The van der Waals surface area contributed by atoms with Gasteiger partial charge < -0.3 is 10.5 Å². The van der Waals surface area contributed by atoms with Crippen LogP contribution in [0.15, 0.2) is 36.5 Å². The maximum Gasteiger partial charge on any atom is 0.119 e. The Kier molecular flexibility index (Phi) is 12.0. The summed E-state index contributed by atoms with van der Waals surface area (Å²) in [6, 6.07) is 9.42. The highest BCUT2D eigenvalue weighted by molar-refractivity contribution is 7.18. The SMILES string of the molecule is CCC(C)C1CCC1.CCC(CF)NN(P)c1ccc(/C(C)=C(\N)c2cc(OC)ccc2C)nc1. The summed E-state index contributed by atoms with van der Waals surface area (Å²) in [7, 11) is 4.17. The molecule has 3 atom stereocenters. The number of aryl methyl sites for hydroxylation is 1. The number of nitrogens with two attached hydrogens (primary N) is 1. The van der Waals surface area contributed by atoms with E-state index < -0.39 is 6.67 Å². The molecule has 2 aromatic rings. The Hall–Kier alpha value is -2.17. The van der Waals surface area contributed by atoms with Gasteiger partial charge in [-0.2, -0.15) is 0 Å². The van der Waals surface area contributed by atoms with Crippen molar-refractivity contribution in [2.45, 2.75) is 72.8 Å². The summed E-state index contributed by atoms with van der Waals surface area (Å²) in [6.07, 6.45) is 8.32. The van der Waals surface area contributed by atoms with E-state index in [0.717, 1.165) is 45.7 Å². The minimum absolute atomic E-state index is 0.226. The van der Waals surface area contributed by atoms with Crippen LogP contribution in [-0.4, -0.2) is 24.8 Å². The summed E-state index contributed by atoms with van der Waals surface area (Å²) < 4.78 is 19.9. The van der Waals surface area contributed by atoms with E-state index in [0.29, 0.717) is 12.1 Å². The lowest BCUT2D eigenvalue weighted by Gasteiger charge is -2.30. The molecule has 1 aromatic heterocycles. The van der Waals surface area contributed by atoms with E-state index in [2.05, 4.69) is 33.6 Å². The number of hydrazine groups is 1. The zero-order chi connectivity index (χ0) is 26.0. The highest BCUT2D eigenvalue weighted by Crippen LogP contribution is 2.34. The fraction of sp³-hybridized carbons (Fsp3) is 0.536. The van der Waals surface area contributed by atoms with Crippen LogP contribution < -0.4 is 20.7 Å². The Morgan fingerprint density at radius 3 is 2.43 bits per heavy atom. The van der Waals surface area contributed by atoms with Gasteiger partial charge >= 0.3 is 0 Å². The van der Waals surface area contributed by atoms with E-state index >= 15 is 0 Å². The number of nitrogens with one attached hydrogen (secondary N) is 1. The number of methoxy groups -OCH3 is 1. The lowest BCUT2D eigenvalue weighted by Crippen LogP contribution is -2.39. The second kappa shape index (κ2) is 14.4. The van der Waals surface area contributed by atoms with Crippen molar-refractivity contribution in [1.82, 2.24) is 10.4 Å². The topological polar surface area (TPSA) is 63.4 Å². The van der Waals surface area contributed by atoms with E-state index in [-0.39, 0.29) is 6.04 Å². The molecule has 1 fully saturated rings. The Labute approximate surface area is 214 Å². The van der Waals surface area contributed by atoms with Crippen LogP contribution >= 0.6 is 9.39 Å². The largest absolute Gasteiger partial charge is 0.497 e. The molecule has 7 heteroatoms. The molecule has 0 saturated heterocycles. The first kappa shape index (κ1) is 29.1. The van der Waals surface area contributed by atoms with Crippen LogP contribution in [0.2, 0.25) is 0 Å². The maximum atomic E-state index is 12.9. The molecule has 0 spiro atoms. The normalized spacial score (nSPS) is 15.8. The quantitative estimate of drug-likeness (QED) is 0.273. The molecule has 1 aliphatic carbocycles. The number of hydrogen-bond acceptors (Lipinski definition) is 5. The number of halogens is 1. The molecule has 3 unspecified atom stereocenters. The average molecular weight is 503 g/mol. The fourth-order valence-corrected chi connectivity index (χ4v) is 4.32. The van der Waals surface area contributed by atoms with Gasteiger partial charge in [0.1, 0.15) is 12.4 Å². The predicted molar refractivity (Wildman–Crippen MR) is 151 cm³/mol. The number of pyridine rings is 1. The van der Waals surface area contributed by atoms with Gasteiger partial charge in [-0.05, 0) is 76.9 Å². The van der Waals surface area contributed by atoms with Crippen molar-refractivity contribution in [1.29, 1.82) is 0 Å². The monoisotopic (exact) mass is 502 g/mol. The molecule has 0 bridgehead atoms. The number of aromatic nitrogens is 1. The number of allylic oxidation sites excluding steroid dienone is 1. The number of ether oxygens (including phenoxy) is 1. The van der Waals surface area contributed by atoms with Crippen molar-refractivity contribution in [2.75, 3.05) is 18.6 Å². The van der Waals surface area contributed by atoms with Gasteiger partial charge in [-0.1, -0.05) is 52.5 Å². The Balaban J connectivity index is 0.000000456. The summed E-state index contributed by atoms with van der Waals surface area (Å²) in [5.41, 5.74) is 14.6. The Morgan fingerprint density at radius 1 is 1.26 bits per heavy atom. The van der Waals surface area contributed by atoms with Crippen molar-refractivity contribution in [2.24, 2.45) is 17.6 Å². The van der Waals surface area contributed by atoms with Crippen molar-refractivity contribution in [3.05, 3.63) is 53.3 Å². The van der Waals surface area contributed by atoms with Crippen LogP contribution in [0.4, 0.5) is 10.1 Å². The van der Waals surface area contributed by atoms with Gasteiger partial charge in [0.05, 0.1) is 30.7 Å². The zero-order valence-electron chi connectivity index (χ0n) is 22.3. The van der Waals surface area contributed by atoms with Crippen molar-refractivity contribution in [3.8, 4) is 5.75 Å². The van der Waals surface area contributed by atoms with Gasteiger partial charge in [0.15, 0.2) is 0 Å². The van der Waals surface area contributed by atoms with Crippen LogP contribution in [0.3, 0.4) is 0 Å². The van der Waals surface area contributed by atoms with E-state index in [9.17, 15) is 4.39 Å². The van der Waals surface area contributed by atoms with Crippen molar-refractivity contribution in [3.63, 3.8) is 0 Å². The first-order valence-corrected chi connectivity index (χ1v) is 13.2. The van der Waals surface area contributed by atoms with E-state index in [1.807, 2.05) is 51.1 Å². The highest BCUT2D eigenvalue weighted by atomic mass is 31.0. The van der Waals surface area contributed by atoms with Gasteiger partial charge in [-0.15, -0.1) is 0 Å². The lowest BCUT2D eigenvalue weighted by atomic mass is 9.76. The lowest BCUT2D eigenvalue weighted by molar-refractivity contribution is 0.215. The van der Waals surface area contributed by atoms with Crippen molar-refractivity contribution >= 4 is 26.3 Å². The minimum atomic E-state index is -0.425. The summed E-state index contributed by atoms with van der Waals surface area (Å²) in [5.74, 6) is 2.86. The van der Waals surface area contributed by atoms with Crippen molar-refractivity contribution < 1.29 is 9.13 Å². The first-order valence-electron chi connectivity index (χ1n) is 12.7. The number of alkyl halides is 1. The number of rotatable bonds is 10. The summed E-state index contributed by atoms with van der Waals surface area (Å²) >= 11 is 0. The second-order valence-corrected chi connectivity index (χ2v) is 9.97. The van der Waals surface area contributed by atoms with Crippen LogP contribution in [0, 0.1) is 18.8 Å². The summed E-state index contributed by atoms with van der Waals surface area (Å²) in [4.78, 5) is 4.52. The third-order valence-corrected chi connectivity index (χ3v) is 7.60. The molecular formula is C28H44FN4OP. The van der Waals surface area contributed by atoms with Gasteiger partial charge in [0.2, 0.25) is 0 Å². The first-order chi connectivity index (χ1) is 16.7. The molecule has 1 aliphatic rings.